The summed E-state index contributed by atoms with van der Waals surface area (Å²) in [5.41, 5.74) is 2.20. The Labute approximate surface area is 221 Å². The zero-order chi connectivity index (χ0) is 27.8. The lowest BCUT2D eigenvalue weighted by molar-refractivity contribution is -0.174. The quantitative estimate of drug-likeness (QED) is 0.283. The number of anilines is 1. The molecule has 1 aliphatic rings. The summed E-state index contributed by atoms with van der Waals surface area (Å²) in [6, 6.07) is 9.32. The Hall–Kier alpha value is -4.15. The van der Waals surface area contributed by atoms with E-state index in [1.807, 2.05) is 0 Å². The Bertz CT molecular complexity index is 1690. The molecule has 1 aliphatic heterocycles. The van der Waals surface area contributed by atoms with Crippen LogP contribution in [0.3, 0.4) is 0 Å². The van der Waals surface area contributed by atoms with Crippen molar-refractivity contribution in [3.8, 4) is 28.8 Å². The lowest BCUT2D eigenvalue weighted by Crippen LogP contribution is -2.29. The summed E-state index contributed by atoms with van der Waals surface area (Å²) >= 11 is 0. The van der Waals surface area contributed by atoms with Crippen molar-refractivity contribution in [3.05, 3.63) is 72.4 Å². The first-order valence-corrected chi connectivity index (χ1v) is 13.1. The molecule has 2 N–H and O–H groups in total. The van der Waals surface area contributed by atoms with Crippen molar-refractivity contribution < 1.29 is 30.7 Å². The van der Waals surface area contributed by atoms with Crippen LogP contribution in [0.2, 0.25) is 0 Å². The van der Waals surface area contributed by atoms with E-state index in [2.05, 4.69) is 32.0 Å². The second-order valence-electron chi connectivity index (χ2n) is 8.83. The first kappa shape index (κ1) is 26.5. The van der Waals surface area contributed by atoms with E-state index < -0.39 is 33.9 Å². The minimum absolute atomic E-state index is 0.0193. The largest absolute Gasteiger partial charge is 0.480 e. The third-order valence-corrected chi connectivity index (χ3v) is 7.68. The number of nitrogens with zero attached hydrogens (tertiary/aromatic N) is 3. The molecule has 5 rings (SSSR count). The van der Waals surface area contributed by atoms with Crippen LogP contribution in [-0.2, 0) is 10.0 Å². The van der Waals surface area contributed by atoms with Gasteiger partial charge in [0.2, 0.25) is 5.88 Å². The lowest BCUT2D eigenvalue weighted by atomic mass is 9.96. The van der Waals surface area contributed by atoms with Crippen molar-refractivity contribution in [2.24, 2.45) is 11.8 Å². The third kappa shape index (κ3) is 5.52. The van der Waals surface area contributed by atoms with Crippen LogP contribution in [0.1, 0.15) is 5.56 Å². The molecule has 0 radical (unpaired) electrons. The van der Waals surface area contributed by atoms with Gasteiger partial charge < -0.3 is 10.1 Å². The van der Waals surface area contributed by atoms with Gasteiger partial charge in [0.05, 0.1) is 35.2 Å². The molecule has 3 aromatic heterocycles. The maximum atomic E-state index is 13.3. The minimum atomic E-state index is -4.34. The summed E-state index contributed by atoms with van der Waals surface area (Å²) in [4.78, 5) is 4.05. The molecule has 0 aliphatic carbocycles. The minimum Gasteiger partial charge on any atom is -0.480 e. The van der Waals surface area contributed by atoms with Crippen LogP contribution in [0.4, 0.5) is 23.2 Å². The second kappa shape index (κ2) is 10.2. The number of rotatable bonds is 5. The van der Waals surface area contributed by atoms with Crippen LogP contribution in [0.15, 0.2) is 66.0 Å². The van der Waals surface area contributed by atoms with E-state index in [4.69, 9.17) is 4.74 Å². The Kier molecular flexibility index (Phi) is 6.92. The molecule has 4 aromatic rings. The van der Waals surface area contributed by atoms with Gasteiger partial charge in [0.15, 0.2) is 0 Å². The lowest BCUT2D eigenvalue weighted by Gasteiger charge is -2.16. The smallest absolute Gasteiger partial charge is 0.394 e. The van der Waals surface area contributed by atoms with Gasteiger partial charge in [-0.2, -0.15) is 18.3 Å². The van der Waals surface area contributed by atoms with Crippen LogP contribution in [0.5, 0.6) is 5.88 Å². The number of aromatic nitrogens is 3. The predicted octanol–water partition coefficient (Wildman–Crippen LogP) is 4.09. The number of nitrogens with one attached hydrogen (secondary N) is 2. The number of pyridine rings is 2. The molecule has 2 unspecified atom stereocenters. The zero-order valence-corrected chi connectivity index (χ0v) is 21.1. The van der Waals surface area contributed by atoms with Crippen molar-refractivity contribution in [1.29, 1.82) is 0 Å². The van der Waals surface area contributed by atoms with Crippen molar-refractivity contribution in [2.45, 2.75) is 11.1 Å². The Morgan fingerprint density at radius 3 is 2.59 bits per heavy atom. The van der Waals surface area contributed by atoms with Crippen molar-refractivity contribution in [2.75, 3.05) is 24.9 Å². The average molecular weight is 560 g/mol. The molecule has 0 amide bonds. The molecule has 0 spiro atoms. The van der Waals surface area contributed by atoms with Crippen LogP contribution < -0.4 is 14.8 Å². The van der Waals surface area contributed by atoms with Gasteiger partial charge in [-0.1, -0.05) is 11.8 Å². The number of ether oxygens (including phenoxy) is 1. The van der Waals surface area contributed by atoms with Crippen molar-refractivity contribution >= 4 is 21.2 Å². The average Bonchev–Trinajstić information content (AvgIpc) is 3.54. The molecule has 8 nitrogen and oxygen atoms in total. The van der Waals surface area contributed by atoms with Gasteiger partial charge in [-0.3, -0.25) is 4.72 Å². The van der Waals surface area contributed by atoms with Crippen molar-refractivity contribution in [1.82, 2.24) is 19.9 Å². The first-order chi connectivity index (χ1) is 18.5. The SMILES string of the molecule is COc1ncc(-c2ccn3ncc(C#CC4CNCC4C(F)(F)F)c3c2)cc1NS(=O)(=O)c1ccc(F)cc1. The number of hydrogen-bond acceptors (Lipinski definition) is 6. The maximum Gasteiger partial charge on any atom is 0.394 e. The topological polar surface area (TPSA) is 97.6 Å². The molecule has 13 heteroatoms. The van der Waals surface area contributed by atoms with E-state index in [1.165, 1.54) is 30.1 Å². The van der Waals surface area contributed by atoms with Gasteiger partial charge in [0.1, 0.15) is 11.5 Å². The summed E-state index contributed by atoms with van der Waals surface area (Å²) < 4.78 is 88.0. The monoisotopic (exact) mass is 559 g/mol. The summed E-state index contributed by atoms with van der Waals surface area (Å²) in [7, 11) is -2.74. The molecular weight excluding hydrogens is 538 g/mol. The Morgan fingerprint density at radius 2 is 1.87 bits per heavy atom. The summed E-state index contributed by atoms with van der Waals surface area (Å²) in [5, 5.41) is 6.97. The number of hydrogen-bond donors (Lipinski definition) is 2. The molecule has 0 saturated carbocycles. The summed E-state index contributed by atoms with van der Waals surface area (Å²) in [6.07, 6.45) is 0.276. The van der Waals surface area contributed by atoms with E-state index in [0.29, 0.717) is 22.2 Å². The number of fused-ring (bicyclic) bond motifs is 1. The van der Waals surface area contributed by atoms with E-state index in [1.54, 1.807) is 18.3 Å². The molecule has 202 valence electrons. The molecule has 1 fully saturated rings. The highest BCUT2D eigenvalue weighted by atomic mass is 32.2. The van der Waals surface area contributed by atoms with E-state index in [9.17, 15) is 26.0 Å². The van der Waals surface area contributed by atoms with Crippen LogP contribution in [0, 0.1) is 29.5 Å². The Balaban J connectivity index is 1.47. The van der Waals surface area contributed by atoms with Crippen LogP contribution >= 0.6 is 0 Å². The fraction of sp³-hybridized carbons (Fsp3) is 0.231. The van der Waals surface area contributed by atoms with Crippen LogP contribution in [0.25, 0.3) is 16.6 Å². The van der Waals surface area contributed by atoms with E-state index in [-0.39, 0.29) is 29.6 Å². The molecular formula is C26H21F4N5O3S. The van der Waals surface area contributed by atoms with Gasteiger partial charge >= 0.3 is 6.18 Å². The molecule has 1 aromatic carbocycles. The second-order valence-corrected chi connectivity index (χ2v) is 10.5. The fourth-order valence-electron chi connectivity index (χ4n) is 4.26. The molecule has 4 heterocycles. The molecule has 2 atom stereocenters. The number of methoxy groups -OCH3 is 1. The highest BCUT2D eigenvalue weighted by Gasteiger charge is 2.46. The number of halogens is 4. The normalized spacial score (nSPS) is 17.6. The standard InChI is InChI=1S/C26H21F4N5O3S/c1-38-25-23(34-39(36,37)21-6-4-20(27)5-7-21)10-19(13-32-25)16-8-9-35-24(11-16)18(14-33-35)3-2-17-12-31-15-22(17)26(28,29)30/h4-11,13-14,17,22,31,34H,12,15H2,1H3. The van der Waals surface area contributed by atoms with Gasteiger partial charge in [0.25, 0.3) is 10.0 Å². The summed E-state index contributed by atoms with van der Waals surface area (Å²) in [5.74, 6) is 2.63. The number of alkyl halides is 3. The van der Waals surface area contributed by atoms with Crippen molar-refractivity contribution in [3.63, 3.8) is 0 Å². The Morgan fingerprint density at radius 1 is 1.10 bits per heavy atom. The highest BCUT2D eigenvalue weighted by Crippen LogP contribution is 2.34. The molecule has 0 bridgehead atoms. The summed E-state index contributed by atoms with van der Waals surface area (Å²) in [6.45, 7) is -0.0186. The molecule has 1 saturated heterocycles. The van der Waals surface area contributed by atoms with Gasteiger partial charge in [-0.15, -0.1) is 0 Å². The zero-order valence-electron chi connectivity index (χ0n) is 20.3. The van der Waals surface area contributed by atoms with Gasteiger partial charge in [-0.05, 0) is 48.0 Å². The molecule has 39 heavy (non-hydrogen) atoms. The van der Waals surface area contributed by atoms with Gasteiger partial charge in [0, 0.05) is 37.0 Å². The first-order valence-electron chi connectivity index (χ1n) is 11.6. The third-order valence-electron chi connectivity index (χ3n) is 6.29. The number of benzene rings is 1. The highest BCUT2D eigenvalue weighted by molar-refractivity contribution is 7.92. The van der Waals surface area contributed by atoms with E-state index in [0.717, 1.165) is 24.3 Å². The van der Waals surface area contributed by atoms with Gasteiger partial charge in [-0.25, -0.2) is 22.3 Å². The number of sulfonamides is 1. The predicted molar refractivity (Wildman–Crippen MR) is 135 cm³/mol. The van der Waals surface area contributed by atoms with Crippen LogP contribution in [-0.4, -0.2) is 49.4 Å². The maximum absolute atomic E-state index is 13.3. The van der Waals surface area contributed by atoms with E-state index >= 15 is 0 Å². The fourth-order valence-corrected chi connectivity index (χ4v) is 5.31.